The standard InChI is InChI=1S/C19H24FN/c1-3-15-9-11-16(12-10-15)13-17(14-21-4-2)18-7-5-6-8-19(18)20/h5-12,17,21H,3-4,13-14H2,1-2H3. The number of hydrogen-bond donors (Lipinski definition) is 1. The van der Waals surface area contributed by atoms with Crippen LogP contribution >= 0.6 is 0 Å². The van der Waals surface area contributed by atoms with E-state index in [-0.39, 0.29) is 11.7 Å². The topological polar surface area (TPSA) is 12.0 Å². The second-order valence-electron chi connectivity index (χ2n) is 5.40. The minimum atomic E-state index is -0.106. The minimum absolute atomic E-state index is 0.106. The first kappa shape index (κ1) is 15.7. The van der Waals surface area contributed by atoms with Crippen LogP contribution in [0, 0.1) is 5.82 Å². The predicted octanol–water partition coefficient (Wildman–Crippen LogP) is 4.32. The zero-order valence-electron chi connectivity index (χ0n) is 12.9. The van der Waals surface area contributed by atoms with Gasteiger partial charge in [0.25, 0.3) is 0 Å². The molecule has 112 valence electrons. The predicted molar refractivity (Wildman–Crippen MR) is 87.2 cm³/mol. The Morgan fingerprint density at radius 2 is 1.62 bits per heavy atom. The van der Waals surface area contributed by atoms with Gasteiger partial charge in [-0.05, 0) is 42.1 Å². The van der Waals surface area contributed by atoms with Crippen molar-refractivity contribution in [3.05, 3.63) is 71.0 Å². The number of aryl methyl sites for hydroxylation is 1. The first-order valence-corrected chi connectivity index (χ1v) is 7.77. The molecule has 1 atom stereocenters. The third kappa shape index (κ3) is 4.40. The van der Waals surface area contributed by atoms with Crippen molar-refractivity contribution in [2.24, 2.45) is 0 Å². The molecule has 2 aromatic rings. The average molecular weight is 285 g/mol. The van der Waals surface area contributed by atoms with Crippen molar-refractivity contribution >= 4 is 0 Å². The van der Waals surface area contributed by atoms with Gasteiger partial charge in [0.05, 0.1) is 0 Å². The third-order valence-corrected chi connectivity index (χ3v) is 3.90. The van der Waals surface area contributed by atoms with E-state index in [0.717, 1.165) is 31.5 Å². The van der Waals surface area contributed by atoms with Crippen LogP contribution in [0.2, 0.25) is 0 Å². The molecule has 0 amide bonds. The molecule has 0 fully saturated rings. The van der Waals surface area contributed by atoms with Crippen molar-refractivity contribution in [3.8, 4) is 0 Å². The van der Waals surface area contributed by atoms with Crippen LogP contribution in [0.4, 0.5) is 4.39 Å². The highest BCUT2D eigenvalue weighted by atomic mass is 19.1. The van der Waals surface area contributed by atoms with Gasteiger partial charge in [-0.1, -0.05) is 56.3 Å². The van der Waals surface area contributed by atoms with Crippen LogP contribution in [-0.4, -0.2) is 13.1 Å². The summed E-state index contributed by atoms with van der Waals surface area (Å²) in [6.07, 6.45) is 1.91. The number of hydrogen-bond acceptors (Lipinski definition) is 1. The fourth-order valence-electron chi connectivity index (χ4n) is 2.61. The Bertz CT molecular complexity index is 548. The van der Waals surface area contributed by atoms with E-state index in [0.29, 0.717) is 0 Å². The van der Waals surface area contributed by atoms with E-state index in [1.54, 1.807) is 12.1 Å². The SMILES string of the molecule is CCNCC(Cc1ccc(CC)cc1)c1ccccc1F. The monoisotopic (exact) mass is 285 g/mol. The minimum Gasteiger partial charge on any atom is -0.316 e. The molecule has 21 heavy (non-hydrogen) atoms. The number of likely N-dealkylation sites (N-methyl/N-ethyl adjacent to an activating group) is 1. The summed E-state index contributed by atoms with van der Waals surface area (Å²) >= 11 is 0. The molecule has 0 radical (unpaired) electrons. The summed E-state index contributed by atoms with van der Waals surface area (Å²) in [7, 11) is 0. The number of halogens is 1. The van der Waals surface area contributed by atoms with E-state index < -0.39 is 0 Å². The molecular formula is C19H24FN. The highest BCUT2D eigenvalue weighted by molar-refractivity contribution is 5.28. The second kappa shape index (κ2) is 7.94. The Morgan fingerprint density at radius 1 is 0.952 bits per heavy atom. The molecule has 0 aliphatic rings. The van der Waals surface area contributed by atoms with Gasteiger partial charge < -0.3 is 5.32 Å². The van der Waals surface area contributed by atoms with Gasteiger partial charge in [0, 0.05) is 12.5 Å². The first-order valence-electron chi connectivity index (χ1n) is 7.77. The van der Waals surface area contributed by atoms with E-state index >= 15 is 0 Å². The molecule has 0 saturated heterocycles. The lowest BCUT2D eigenvalue weighted by Crippen LogP contribution is -2.23. The summed E-state index contributed by atoms with van der Waals surface area (Å²) in [5.41, 5.74) is 3.41. The second-order valence-corrected chi connectivity index (χ2v) is 5.40. The van der Waals surface area contributed by atoms with Crippen molar-refractivity contribution in [2.75, 3.05) is 13.1 Å². The average Bonchev–Trinajstić information content (AvgIpc) is 2.53. The van der Waals surface area contributed by atoms with Crippen LogP contribution in [-0.2, 0) is 12.8 Å². The van der Waals surface area contributed by atoms with Crippen molar-refractivity contribution in [1.82, 2.24) is 5.32 Å². The smallest absolute Gasteiger partial charge is 0.126 e. The van der Waals surface area contributed by atoms with E-state index in [4.69, 9.17) is 0 Å². The molecule has 0 bridgehead atoms. The summed E-state index contributed by atoms with van der Waals surface area (Å²) in [4.78, 5) is 0. The summed E-state index contributed by atoms with van der Waals surface area (Å²) in [6.45, 7) is 5.93. The molecule has 2 rings (SSSR count). The quantitative estimate of drug-likeness (QED) is 0.798. The van der Waals surface area contributed by atoms with Crippen molar-refractivity contribution in [3.63, 3.8) is 0 Å². The maximum Gasteiger partial charge on any atom is 0.126 e. The Balaban J connectivity index is 2.17. The summed E-state index contributed by atoms with van der Waals surface area (Å²) in [5, 5.41) is 3.35. The van der Waals surface area contributed by atoms with Crippen LogP contribution in [0.15, 0.2) is 48.5 Å². The Hall–Kier alpha value is -1.67. The van der Waals surface area contributed by atoms with Crippen molar-refractivity contribution in [1.29, 1.82) is 0 Å². The Labute approximate surface area is 127 Å². The van der Waals surface area contributed by atoms with Gasteiger partial charge in [-0.15, -0.1) is 0 Å². The van der Waals surface area contributed by atoms with Crippen LogP contribution in [0.5, 0.6) is 0 Å². The molecule has 0 spiro atoms. The van der Waals surface area contributed by atoms with E-state index in [9.17, 15) is 4.39 Å². The molecule has 0 aliphatic heterocycles. The molecular weight excluding hydrogens is 261 g/mol. The fraction of sp³-hybridized carbons (Fsp3) is 0.368. The molecule has 0 heterocycles. The zero-order chi connectivity index (χ0) is 15.1. The largest absolute Gasteiger partial charge is 0.316 e. The van der Waals surface area contributed by atoms with Gasteiger partial charge in [0.1, 0.15) is 5.82 Å². The highest BCUT2D eigenvalue weighted by Gasteiger charge is 2.15. The lowest BCUT2D eigenvalue weighted by molar-refractivity contribution is 0.544. The molecule has 1 unspecified atom stereocenters. The number of rotatable bonds is 7. The lowest BCUT2D eigenvalue weighted by atomic mass is 9.91. The van der Waals surface area contributed by atoms with Gasteiger partial charge in [-0.2, -0.15) is 0 Å². The normalized spacial score (nSPS) is 12.3. The van der Waals surface area contributed by atoms with Gasteiger partial charge in [0.2, 0.25) is 0 Å². The van der Waals surface area contributed by atoms with Crippen LogP contribution < -0.4 is 5.32 Å². The van der Waals surface area contributed by atoms with E-state index in [1.807, 2.05) is 12.1 Å². The summed E-state index contributed by atoms with van der Waals surface area (Å²) in [5.74, 6) is 0.0595. The highest BCUT2D eigenvalue weighted by Crippen LogP contribution is 2.23. The zero-order valence-corrected chi connectivity index (χ0v) is 12.9. The lowest BCUT2D eigenvalue weighted by Gasteiger charge is -2.19. The van der Waals surface area contributed by atoms with E-state index in [2.05, 4.69) is 43.4 Å². The van der Waals surface area contributed by atoms with Crippen molar-refractivity contribution in [2.45, 2.75) is 32.6 Å². The third-order valence-electron chi connectivity index (χ3n) is 3.90. The molecule has 1 N–H and O–H groups in total. The Kier molecular flexibility index (Phi) is 5.94. The Morgan fingerprint density at radius 3 is 2.24 bits per heavy atom. The van der Waals surface area contributed by atoms with Crippen LogP contribution in [0.3, 0.4) is 0 Å². The van der Waals surface area contributed by atoms with Gasteiger partial charge in [-0.3, -0.25) is 0 Å². The molecule has 0 aliphatic carbocycles. The molecule has 1 nitrogen and oxygen atoms in total. The van der Waals surface area contributed by atoms with Gasteiger partial charge in [-0.25, -0.2) is 4.39 Å². The molecule has 2 aromatic carbocycles. The molecule has 0 saturated carbocycles. The fourth-order valence-corrected chi connectivity index (χ4v) is 2.61. The van der Waals surface area contributed by atoms with Gasteiger partial charge >= 0.3 is 0 Å². The maximum absolute atomic E-state index is 14.1. The maximum atomic E-state index is 14.1. The summed E-state index contributed by atoms with van der Waals surface area (Å²) < 4.78 is 14.1. The van der Waals surface area contributed by atoms with Crippen LogP contribution in [0.25, 0.3) is 0 Å². The van der Waals surface area contributed by atoms with Crippen molar-refractivity contribution < 1.29 is 4.39 Å². The first-order chi connectivity index (χ1) is 10.2. The number of nitrogens with one attached hydrogen (secondary N) is 1. The summed E-state index contributed by atoms with van der Waals surface area (Å²) in [6, 6.07) is 15.8. The molecule has 0 aromatic heterocycles. The molecule has 2 heteroatoms. The van der Waals surface area contributed by atoms with Crippen LogP contribution in [0.1, 0.15) is 36.5 Å². The van der Waals surface area contributed by atoms with E-state index in [1.165, 1.54) is 11.1 Å². The number of benzene rings is 2. The van der Waals surface area contributed by atoms with Gasteiger partial charge in [0.15, 0.2) is 0 Å².